The van der Waals surface area contributed by atoms with E-state index in [-0.39, 0.29) is 37.2 Å². The van der Waals surface area contributed by atoms with E-state index in [2.05, 4.69) is 40.0 Å². The molecular formula is C33H27F7IrN7-3. The molecule has 4 aromatic heterocycles. The predicted molar refractivity (Wildman–Crippen MR) is 154 cm³/mol. The Morgan fingerprint density at radius 2 is 1.23 bits per heavy atom. The molecule has 0 saturated heterocycles. The largest absolute Gasteiger partial charge is 0.573 e. The van der Waals surface area contributed by atoms with Gasteiger partial charge in [0, 0.05) is 78.0 Å². The second-order valence-electron chi connectivity index (χ2n) is 10.2. The maximum atomic E-state index is 13.5. The van der Waals surface area contributed by atoms with Crippen LogP contribution in [0.2, 0.25) is 0 Å². The van der Waals surface area contributed by atoms with Crippen LogP contribution in [0.15, 0.2) is 54.7 Å². The van der Waals surface area contributed by atoms with Gasteiger partial charge in [-0.05, 0) is 57.3 Å². The van der Waals surface area contributed by atoms with Crippen LogP contribution in [0.4, 0.5) is 30.7 Å². The van der Waals surface area contributed by atoms with Crippen molar-refractivity contribution in [2.24, 2.45) is 14.1 Å². The number of hydrogen-bond acceptors (Lipinski definition) is 2. The van der Waals surface area contributed by atoms with E-state index in [1.165, 1.54) is 15.3 Å². The Labute approximate surface area is 285 Å². The van der Waals surface area contributed by atoms with Gasteiger partial charge in [0.25, 0.3) is 0 Å². The zero-order valence-corrected chi connectivity index (χ0v) is 28.7. The van der Waals surface area contributed by atoms with Gasteiger partial charge in [0.2, 0.25) is 12.7 Å². The van der Waals surface area contributed by atoms with Crippen molar-refractivity contribution in [3.8, 4) is 22.8 Å². The van der Waals surface area contributed by atoms with Gasteiger partial charge in [0.05, 0.1) is 14.1 Å². The van der Waals surface area contributed by atoms with Crippen LogP contribution in [0.5, 0.6) is 0 Å². The normalized spacial score (nSPS) is 10.9. The summed E-state index contributed by atoms with van der Waals surface area (Å²) in [6, 6.07) is 14.8. The number of aryl methyl sites for hydroxylation is 2. The second-order valence-corrected chi connectivity index (χ2v) is 10.2. The van der Waals surface area contributed by atoms with Crippen molar-refractivity contribution < 1.29 is 60.0 Å². The Bertz CT molecular complexity index is 1900. The molecule has 0 fully saturated rings. The number of imidazole rings is 2. The first-order valence-electron chi connectivity index (χ1n) is 13.8. The predicted octanol–water partition coefficient (Wildman–Crippen LogP) is 5.71. The molecule has 0 amide bonds. The molecule has 1 radical (unpaired) electrons. The molecule has 255 valence electrons. The van der Waals surface area contributed by atoms with E-state index in [4.69, 9.17) is 0 Å². The molecule has 48 heavy (non-hydrogen) atoms. The van der Waals surface area contributed by atoms with Crippen molar-refractivity contribution >= 4 is 0 Å². The van der Waals surface area contributed by atoms with Gasteiger partial charge in [-0.3, -0.25) is 22.5 Å². The zero-order valence-electron chi connectivity index (χ0n) is 26.3. The van der Waals surface area contributed by atoms with E-state index >= 15 is 0 Å². The van der Waals surface area contributed by atoms with E-state index in [1.807, 2.05) is 41.8 Å². The van der Waals surface area contributed by atoms with Crippen LogP contribution in [0, 0.1) is 75.8 Å². The van der Waals surface area contributed by atoms with E-state index in [1.54, 1.807) is 27.3 Å². The zero-order chi connectivity index (χ0) is 34.6. The molecule has 6 rings (SSSR count). The van der Waals surface area contributed by atoms with Crippen LogP contribution in [-0.4, -0.2) is 19.2 Å². The summed E-state index contributed by atoms with van der Waals surface area (Å²) >= 11 is 0. The summed E-state index contributed by atoms with van der Waals surface area (Å²) in [6.07, 6.45) is 2.88. The molecule has 0 atom stereocenters. The number of aromatic nitrogens is 7. The third-order valence-corrected chi connectivity index (χ3v) is 7.10. The minimum absolute atomic E-state index is 0. The van der Waals surface area contributed by atoms with Crippen molar-refractivity contribution in [1.29, 1.82) is 0 Å². The topological polar surface area (TPSA) is 57.5 Å². The number of nitrogens with zero attached hydrogens (tertiary/aromatic N) is 7. The molecule has 15 heteroatoms. The summed E-state index contributed by atoms with van der Waals surface area (Å²) in [5, 5.41) is 6.47. The maximum absolute atomic E-state index is 13.5. The van der Waals surface area contributed by atoms with Crippen molar-refractivity contribution in [2.75, 3.05) is 0 Å². The summed E-state index contributed by atoms with van der Waals surface area (Å²) in [5.41, 5.74) is 3.51. The van der Waals surface area contributed by atoms with Crippen molar-refractivity contribution in [1.82, 2.24) is 24.3 Å². The number of alkyl halides is 3. The molecule has 0 saturated carbocycles. The van der Waals surface area contributed by atoms with Crippen molar-refractivity contribution in [2.45, 2.75) is 33.9 Å². The molecule has 0 spiro atoms. The van der Waals surface area contributed by atoms with E-state index in [9.17, 15) is 30.7 Å². The van der Waals surface area contributed by atoms with Crippen molar-refractivity contribution in [3.05, 3.63) is 131 Å². The van der Waals surface area contributed by atoms with Gasteiger partial charge in [-0.1, -0.05) is 11.8 Å². The van der Waals surface area contributed by atoms with Crippen LogP contribution >= 0.6 is 0 Å². The number of halogens is 7. The fourth-order valence-electron chi connectivity index (χ4n) is 4.13. The molecule has 0 N–H and O–H groups in total. The van der Waals surface area contributed by atoms with Crippen LogP contribution in [0.1, 0.15) is 28.5 Å². The first kappa shape index (κ1) is 37.8. The van der Waals surface area contributed by atoms with Gasteiger partial charge in [0.1, 0.15) is 5.69 Å². The third-order valence-electron chi connectivity index (χ3n) is 7.10. The second kappa shape index (κ2) is 15.5. The number of rotatable bonds is 3. The fourth-order valence-corrected chi connectivity index (χ4v) is 4.13. The minimum Gasteiger partial charge on any atom is -0.573 e. The van der Waals surface area contributed by atoms with Gasteiger partial charge < -0.3 is 28.5 Å². The Morgan fingerprint density at radius 3 is 1.56 bits per heavy atom. The molecular weight excluding hydrogens is 820 g/mol. The minimum atomic E-state index is -4.46. The number of benzene rings is 2. The monoisotopic (exact) mass is 847 g/mol. The van der Waals surface area contributed by atoms with Crippen LogP contribution in [-0.2, 0) is 40.4 Å². The van der Waals surface area contributed by atoms with Crippen LogP contribution in [0.25, 0.3) is 22.8 Å². The van der Waals surface area contributed by atoms with Gasteiger partial charge >= 0.3 is 6.18 Å². The Morgan fingerprint density at radius 1 is 0.750 bits per heavy atom. The SMILES string of the molecule is Cc1c(C)[n+](C)[c-]n1-c1[c-]cc(F)cc1F.Cc1c(C)[n+](C)[c-]n1-c1[c-]cc(F)cc1F.FC(F)(F)c1cc(-c2ccccn2)[n-]n1.[Ir]. The average Bonchev–Trinajstić information content (AvgIpc) is 3.69. The maximum Gasteiger partial charge on any atom is 0.431 e. The van der Waals surface area contributed by atoms with E-state index in [0.29, 0.717) is 5.69 Å². The summed E-state index contributed by atoms with van der Waals surface area (Å²) < 4.78 is 95.7. The fraction of sp³-hybridized carbons (Fsp3) is 0.212. The number of hydrogen-bond donors (Lipinski definition) is 0. The summed E-state index contributed by atoms with van der Waals surface area (Å²) in [6.45, 7) is 7.51. The smallest absolute Gasteiger partial charge is 0.431 e. The standard InChI is InChI=1S/2C12H11F2N2.C9H5F3N3.Ir/c2*1-8-9(2)16(7-15(8)3)12-5-4-10(13)6-11(12)14;10-9(11,12)8-5-7(14-15-8)6-3-1-2-4-13-6;/h2*4,6H,1-3H3;1-5H;/q3*-1;. The molecule has 0 aliphatic heterocycles. The van der Waals surface area contributed by atoms with Gasteiger partial charge in [-0.2, -0.15) is 25.3 Å². The Hall–Kier alpha value is -4.62. The van der Waals surface area contributed by atoms with Crippen LogP contribution in [0.3, 0.4) is 0 Å². The molecule has 0 unspecified atom stereocenters. The quantitative estimate of drug-likeness (QED) is 0.130. The Balaban J connectivity index is 0.000000193. The van der Waals surface area contributed by atoms with Gasteiger partial charge in [-0.15, -0.1) is 24.3 Å². The van der Waals surface area contributed by atoms with E-state index in [0.717, 1.165) is 53.1 Å². The van der Waals surface area contributed by atoms with Gasteiger partial charge in [0.15, 0.2) is 0 Å². The molecule has 0 aliphatic carbocycles. The molecule has 0 aliphatic rings. The summed E-state index contributed by atoms with van der Waals surface area (Å²) in [4.78, 5) is 3.87. The van der Waals surface area contributed by atoms with Crippen molar-refractivity contribution in [3.63, 3.8) is 0 Å². The molecule has 0 bridgehead atoms. The molecule has 2 aromatic carbocycles. The third kappa shape index (κ3) is 8.64. The molecule has 4 heterocycles. The van der Waals surface area contributed by atoms with Crippen LogP contribution < -0.4 is 14.2 Å². The van der Waals surface area contributed by atoms with Gasteiger partial charge in [-0.25, -0.2) is 0 Å². The first-order valence-corrected chi connectivity index (χ1v) is 13.8. The molecule has 6 aromatic rings. The first-order chi connectivity index (χ1) is 22.1. The number of pyridine rings is 1. The average molecular weight is 847 g/mol. The Kier molecular flexibility index (Phi) is 12.2. The summed E-state index contributed by atoms with van der Waals surface area (Å²) in [5.74, 6) is -2.55. The summed E-state index contributed by atoms with van der Waals surface area (Å²) in [7, 11) is 3.64. The van der Waals surface area contributed by atoms with E-state index < -0.39 is 35.1 Å². The molecule has 7 nitrogen and oxygen atoms in total.